The van der Waals surface area contributed by atoms with Crippen LogP contribution in [0.3, 0.4) is 0 Å². The minimum Gasteiger partial charge on any atom is -0.484 e. The quantitative estimate of drug-likeness (QED) is 0.576. The average molecular weight is 463 g/mol. The fourth-order valence-electron chi connectivity index (χ4n) is 3.34. The third kappa shape index (κ3) is 5.80. The Morgan fingerprint density at radius 3 is 2.66 bits per heavy atom. The number of carbonyl (C=O) groups excluding carboxylic acids is 1. The topological polar surface area (TPSA) is 83.8 Å². The number of nitrogens with one attached hydrogen (secondary N) is 1. The number of amides is 1. The van der Waals surface area contributed by atoms with E-state index >= 15 is 0 Å². The van der Waals surface area contributed by atoms with Crippen molar-refractivity contribution in [1.82, 2.24) is 14.9 Å². The van der Waals surface area contributed by atoms with E-state index in [0.717, 1.165) is 0 Å². The first kappa shape index (κ1) is 24.1. The Hall–Kier alpha value is -2.60. The molecule has 1 aromatic heterocycles. The van der Waals surface area contributed by atoms with Gasteiger partial charge in [-0.05, 0) is 13.3 Å². The third-order valence-corrected chi connectivity index (χ3v) is 4.82. The molecule has 0 radical (unpaired) electrons. The summed E-state index contributed by atoms with van der Waals surface area (Å²) in [4.78, 5) is 15.0. The van der Waals surface area contributed by atoms with E-state index in [9.17, 15) is 22.4 Å². The molecule has 0 saturated carbocycles. The highest BCUT2D eigenvalue weighted by molar-refractivity contribution is 5.80. The number of carbonyl (C=O) groups is 1. The van der Waals surface area contributed by atoms with Crippen LogP contribution in [0.4, 0.5) is 17.6 Å². The van der Waals surface area contributed by atoms with Crippen molar-refractivity contribution < 1.29 is 41.3 Å². The number of ether oxygens (including phenoxy) is 4. The second-order valence-corrected chi connectivity index (χ2v) is 7.54. The highest BCUT2D eigenvalue weighted by atomic mass is 19.3. The van der Waals surface area contributed by atoms with Crippen LogP contribution in [0.5, 0.6) is 11.8 Å². The van der Waals surface area contributed by atoms with Crippen molar-refractivity contribution in [3.63, 3.8) is 0 Å². The van der Waals surface area contributed by atoms with Gasteiger partial charge >= 0.3 is 0 Å². The van der Waals surface area contributed by atoms with E-state index in [1.807, 2.05) is 6.92 Å². The van der Waals surface area contributed by atoms with Crippen LogP contribution in [-0.4, -0.2) is 60.1 Å². The molecule has 1 fully saturated rings. The van der Waals surface area contributed by atoms with E-state index in [2.05, 4.69) is 15.0 Å². The lowest BCUT2D eigenvalue weighted by molar-refractivity contribution is -0.215. The van der Waals surface area contributed by atoms with Gasteiger partial charge in [-0.1, -0.05) is 0 Å². The minimum absolute atomic E-state index is 0.0203. The van der Waals surface area contributed by atoms with E-state index in [1.165, 1.54) is 18.5 Å². The van der Waals surface area contributed by atoms with Gasteiger partial charge in [0, 0.05) is 32.5 Å². The second-order valence-electron chi connectivity index (χ2n) is 7.54. The number of aromatic nitrogens is 2. The van der Waals surface area contributed by atoms with Crippen LogP contribution in [0.1, 0.15) is 26.7 Å². The number of nitrogens with zero attached hydrogens (tertiary/aromatic N) is 2. The number of hydrogen-bond donors (Lipinski definition) is 1. The summed E-state index contributed by atoms with van der Waals surface area (Å²) in [5.74, 6) is -2.69. The first-order valence-corrected chi connectivity index (χ1v) is 10.1. The molecule has 0 bridgehead atoms. The van der Waals surface area contributed by atoms with Crippen molar-refractivity contribution >= 4 is 16.9 Å². The highest BCUT2D eigenvalue weighted by Gasteiger charge is 2.27. The van der Waals surface area contributed by atoms with Gasteiger partial charge < -0.3 is 24.3 Å². The predicted molar refractivity (Wildman–Crippen MR) is 105 cm³/mol. The Balaban J connectivity index is 1.62. The molecule has 178 valence electrons. The number of rotatable bonds is 9. The Morgan fingerprint density at radius 2 is 2.03 bits per heavy atom. The van der Waals surface area contributed by atoms with Crippen LogP contribution < -0.4 is 14.8 Å². The Labute approximate surface area is 181 Å². The molecule has 1 aromatic carbocycles. The summed E-state index contributed by atoms with van der Waals surface area (Å²) >= 11 is 0. The van der Waals surface area contributed by atoms with Gasteiger partial charge in [0.25, 0.3) is 12.4 Å². The summed E-state index contributed by atoms with van der Waals surface area (Å²) in [6.45, 7) is 2.59. The molecule has 1 saturated heterocycles. The van der Waals surface area contributed by atoms with Gasteiger partial charge in [-0.3, -0.25) is 9.36 Å². The summed E-state index contributed by atoms with van der Waals surface area (Å²) in [5, 5.41) is 2.78. The Kier molecular flexibility index (Phi) is 7.77. The maximum atomic E-state index is 14.7. The van der Waals surface area contributed by atoms with Crippen LogP contribution >= 0.6 is 0 Å². The molecule has 3 rings (SSSR count). The van der Waals surface area contributed by atoms with Gasteiger partial charge in [0.1, 0.15) is 23.7 Å². The zero-order chi connectivity index (χ0) is 23.4. The van der Waals surface area contributed by atoms with Gasteiger partial charge in [-0.2, -0.15) is 4.98 Å². The van der Waals surface area contributed by atoms with Crippen molar-refractivity contribution in [2.24, 2.45) is 7.05 Å². The average Bonchev–Trinajstić information content (AvgIpc) is 3.05. The minimum atomic E-state index is -2.83. The van der Waals surface area contributed by atoms with Crippen molar-refractivity contribution in [3.05, 3.63) is 17.7 Å². The van der Waals surface area contributed by atoms with Gasteiger partial charge in [0.05, 0.1) is 13.2 Å². The molecular formula is C20H25F4N3O5. The van der Waals surface area contributed by atoms with Crippen molar-refractivity contribution in [1.29, 1.82) is 0 Å². The Morgan fingerprint density at radius 1 is 1.34 bits per heavy atom. The second kappa shape index (κ2) is 10.3. The van der Waals surface area contributed by atoms with Gasteiger partial charge in [-0.15, -0.1) is 0 Å². The lowest BCUT2D eigenvalue weighted by Gasteiger charge is -2.30. The van der Waals surface area contributed by atoms with Crippen LogP contribution in [0.15, 0.2) is 6.07 Å². The van der Waals surface area contributed by atoms with E-state index < -0.39 is 42.8 Å². The molecule has 1 amide bonds. The van der Waals surface area contributed by atoms with E-state index in [1.54, 1.807) is 0 Å². The standard InChI is InChI=1S/C20H25F4N3O5/c1-10(25-11(2)28)4-5-16-30-7-12(8-31-16)32-20-26-18-13(21)6-14(29-9-15(22)23)17(24)19(18)27(20)3/h6,10,12,15-16H,4-5,7-9H2,1-3H3,(H,25,28)/t10-,12?,16?/m0/s1. The number of fused-ring (bicyclic) bond motifs is 1. The molecular weight excluding hydrogens is 438 g/mol. The molecule has 32 heavy (non-hydrogen) atoms. The molecule has 1 aliphatic heterocycles. The van der Waals surface area contributed by atoms with Crippen LogP contribution in [0.25, 0.3) is 11.0 Å². The fraction of sp³-hybridized carbons (Fsp3) is 0.600. The summed E-state index contributed by atoms with van der Waals surface area (Å²) in [6, 6.07) is 0.572. The zero-order valence-corrected chi connectivity index (χ0v) is 17.9. The highest BCUT2D eigenvalue weighted by Crippen LogP contribution is 2.32. The molecule has 2 heterocycles. The smallest absolute Gasteiger partial charge is 0.297 e. The SMILES string of the molecule is CC(=O)N[C@@H](C)CCC1OCC(Oc2nc3c(F)cc(OCC(F)F)c(F)c3n2C)CO1. The number of hydrogen-bond acceptors (Lipinski definition) is 6. The van der Waals surface area contributed by atoms with Gasteiger partial charge in [-0.25, -0.2) is 17.6 Å². The van der Waals surface area contributed by atoms with Crippen molar-refractivity contribution in [3.8, 4) is 11.8 Å². The molecule has 2 aromatic rings. The van der Waals surface area contributed by atoms with Crippen LogP contribution in [0, 0.1) is 11.6 Å². The lowest BCUT2D eigenvalue weighted by Crippen LogP contribution is -2.40. The van der Waals surface area contributed by atoms with Gasteiger partial charge in [0.15, 0.2) is 23.7 Å². The van der Waals surface area contributed by atoms with Crippen molar-refractivity contribution in [2.75, 3.05) is 19.8 Å². The Bertz CT molecular complexity index is 947. The first-order valence-electron chi connectivity index (χ1n) is 10.1. The summed E-state index contributed by atoms with van der Waals surface area (Å²) in [7, 11) is 1.40. The number of aryl methyl sites for hydroxylation is 1. The molecule has 1 N–H and O–H groups in total. The summed E-state index contributed by atoms with van der Waals surface area (Å²) in [5.41, 5.74) is -0.585. The summed E-state index contributed by atoms with van der Waals surface area (Å²) in [6.07, 6.45) is -2.64. The normalized spacial score (nSPS) is 19.9. The monoisotopic (exact) mass is 463 g/mol. The third-order valence-electron chi connectivity index (χ3n) is 4.82. The van der Waals surface area contributed by atoms with Crippen LogP contribution in [-0.2, 0) is 21.3 Å². The molecule has 1 aliphatic rings. The number of imidazole rings is 1. The largest absolute Gasteiger partial charge is 0.484 e. The van der Waals surface area contributed by atoms with E-state index in [-0.39, 0.29) is 42.2 Å². The fourth-order valence-corrected chi connectivity index (χ4v) is 3.34. The van der Waals surface area contributed by atoms with Gasteiger partial charge in [0.2, 0.25) is 5.91 Å². The summed E-state index contributed by atoms with van der Waals surface area (Å²) < 4.78 is 76.5. The molecule has 0 spiro atoms. The molecule has 0 unspecified atom stereocenters. The van der Waals surface area contributed by atoms with E-state index in [4.69, 9.17) is 14.2 Å². The number of alkyl halides is 2. The molecule has 0 aliphatic carbocycles. The maximum Gasteiger partial charge on any atom is 0.297 e. The number of benzene rings is 1. The van der Waals surface area contributed by atoms with E-state index in [0.29, 0.717) is 18.9 Å². The van der Waals surface area contributed by atoms with Crippen molar-refractivity contribution in [2.45, 2.75) is 51.6 Å². The predicted octanol–water partition coefficient (Wildman–Crippen LogP) is 2.92. The molecule has 12 heteroatoms. The first-order chi connectivity index (χ1) is 15.2. The molecule has 8 nitrogen and oxygen atoms in total. The zero-order valence-electron chi connectivity index (χ0n) is 17.9. The number of halogens is 4. The van der Waals surface area contributed by atoms with Crippen LogP contribution in [0.2, 0.25) is 0 Å². The lowest BCUT2D eigenvalue weighted by atomic mass is 10.1. The maximum absolute atomic E-state index is 14.7. The molecule has 1 atom stereocenters.